The van der Waals surface area contributed by atoms with Gasteiger partial charge in [-0.05, 0) is 26.8 Å². The number of rotatable bonds is 7. The van der Waals surface area contributed by atoms with E-state index in [1.54, 1.807) is 0 Å². The Hall–Kier alpha value is -0.650. The molecule has 5 heteroatoms. The Labute approximate surface area is 117 Å². The number of likely N-dealkylation sites (N-methyl/N-ethyl adjacent to an activating group) is 1. The zero-order valence-corrected chi connectivity index (χ0v) is 12.7. The molecule has 1 fully saturated rings. The molecule has 0 aromatic rings. The molecular weight excluding hydrogens is 242 g/mol. The fraction of sp³-hybridized carbons (Fsp3) is 0.929. The van der Waals surface area contributed by atoms with Gasteiger partial charge in [-0.25, -0.2) is 0 Å². The van der Waals surface area contributed by atoms with Gasteiger partial charge in [0.05, 0.1) is 13.0 Å². The molecule has 0 aromatic heterocycles. The molecule has 1 rings (SSSR count). The number of hydrogen-bond acceptors (Lipinski definition) is 4. The minimum Gasteiger partial charge on any atom is -0.381 e. The van der Waals surface area contributed by atoms with Crippen LogP contribution in [-0.4, -0.2) is 67.2 Å². The summed E-state index contributed by atoms with van der Waals surface area (Å²) in [6, 6.07) is 0. The van der Waals surface area contributed by atoms with Crippen molar-refractivity contribution < 1.29 is 9.53 Å². The SMILES string of the molecule is CCN1CCN(C(=O)CCOCCC(C)(C)N)CC1. The topological polar surface area (TPSA) is 58.8 Å². The molecule has 1 heterocycles. The van der Waals surface area contributed by atoms with Gasteiger partial charge < -0.3 is 20.3 Å². The maximum Gasteiger partial charge on any atom is 0.224 e. The summed E-state index contributed by atoms with van der Waals surface area (Å²) < 4.78 is 5.48. The first kappa shape index (κ1) is 16.4. The van der Waals surface area contributed by atoms with Crippen molar-refractivity contribution in [1.82, 2.24) is 9.80 Å². The predicted molar refractivity (Wildman–Crippen MR) is 77.0 cm³/mol. The lowest BCUT2D eigenvalue weighted by Gasteiger charge is -2.34. The summed E-state index contributed by atoms with van der Waals surface area (Å²) >= 11 is 0. The first-order valence-electron chi connectivity index (χ1n) is 7.29. The van der Waals surface area contributed by atoms with E-state index in [2.05, 4.69) is 11.8 Å². The van der Waals surface area contributed by atoms with Crippen LogP contribution in [0.5, 0.6) is 0 Å². The van der Waals surface area contributed by atoms with Gasteiger partial charge in [0.2, 0.25) is 5.91 Å². The minimum atomic E-state index is -0.194. The molecule has 1 aliphatic rings. The van der Waals surface area contributed by atoms with Gasteiger partial charge in [0, 0.05) is 38.3 Å². The van der Waals surface area contributed by atoms with Crippen LogP contribution in [0.3, 0.4) is 0 Å². The van der Waals surface area contributed by atoms with Crippen LogP contribution >= 0.6 is 0 Å². The van der Waals surface area contributed by atoms with Gasteiger partial charge in [0.25, 0.3) is 0 Å². The highest BCUT2D eigenvalue weighted by Gasteiger charge is 2.19. The van der Waals surface area contributed by atoms with E-state index in [0.717, 1.165) is 39.1 Å². The molecule has 0 saturated carbocycles. The molecule has 1 aliphatic heterocycles. The van der Waals surface area contributed by atoms with Crippen molar-refractivity contribution in [2.24, 2.45) is 5.73 Å². The van der Waals surface area contributed by atoms with Crippen LogP contribution in [0.1, 0.15) is 33.6 Å². The number of ether oxygens (including phenoxy) is 1. The number of carbonyl (C=O) groups excluding carboxylic acids is 1. The molecule has 0 unspecified atom stereocenters. The zero-order valence-electron chi connectivity index (χ0n) is 12.7. The number of piperazine rings is 1. The lowest BCUT2D eigenvalue weighted by Crippen LogP contribution is -2.48. The fourth-order valence-electron chi connectivity index (χ4n) is 2.07. The molecule has 0 spiro atoms. The van der Waals surface area contributed by atoms with E-state index in [9.17, 15) is 4.79 Å². The predicted octanol–water partition coefficient (Wildman–Crippen LogP) is 0.685. The molecule has 1 saturated heterocycles. The zero-order chi connectivity index (χ0) is 14.3. The number of nitrogens with two attached hydrogens (primary N) is 1. The molecule has 0 radical (unpaired) electrons. The van der Waals surface area contributed by atoms with Crippen LogP contribution in [0.2, 0.25) is 0 Å². The Kier molecular flexibility index (Phi) is 6.75. The lowest BCUT2D eigenvalue weighted by atomic mass is 10.0. The van der Waals surface area contributed by atoms with Crippen molar-refractivity contribution in [1.29, 1.82) is 0 Å². The molecule has 5 nitrogen and oxygen atoms in total. The number of hydrogen-bond donors (Lipinski definition) is 1. The van der Waals surface area contributed by atoms with Crippen molar-refractivity contribution in [2.45, 2.75) is 39.2 Å². The molecule has 0 atom stereocenters. The van der Waals surface area contributed by atoms with Gasteiger partial charge in [0.15, 0.2) is 0 Å². The molecular formula is C14H29N3O2. The Morgan fingerprint density at radius 2 is 1.84 bits per heavy atom. The second kappa shape index (κ2) is 7.82. The smallest absolute Gasteiger partial charge is 0.224 e. The highest BCUT2D eigenvalue weighted by molar-refractivity contribution is 5.76. The third-order valence-corrected chi connectivity index (χ3v) is 3.52. The lowest BCUT2D eigenvalue weighted by molar-refractivity contribution is -0.134. The van der Waals surface area contributed by atoms with Crippen molar-refractivity contribution in [2.75, 3.05) is 45.9 Å². The third kappa shape index (κ3) is 6.89. The highest BCUT2D eigenvalue weighted by Crippen LogP contribution is 2.05. The summed E-state index contributed by atoms with van der Waals surface area (Å²) in [4.78, 5) is 16.3. The standard InChI is InChI=1S/C14H29N3O2/c1-4-16-7-9-17(10-8-16)13(18)5-11-19-12-6-14(2,3)15/h4-12,15H2,1-3H3. The van der Waals surface area contributed by atoms with Crippen LogP contribution in [0, 0.1) is 0 Å². The van der Waals surface area contributed by atoms with Crippen LogP contribution in [0.25, 0.3) is 0 Å². The number of nitrogens with zero attached hydrogens (tertiary/aromatic N) is 2. The summed E-state index contributed by atoms with van der Waals surface area (Å²) in [6.07, 6.45) is 1.30. The Morgan fingerprint density at radius 3 is 2.37 bits per heavy atom. The van der Waals surface area contributed by atoms with E-state index in [1.807, 2.05) is 18.7 Å². The second-order valence-corrected chi connectivity index (χ2v) is 5.92. The first-order chi connectivity index (χ1) is 8.92. The quantitative estimate of drug-likeness (QED) is 0.692. The maximum absolute atomic E-state index is 12.0. The van der Waals surface area contributed by atoms with Gasteiger partial charge in [0.1, 0.15) is 0 Å². The fourth-order valence-corrected chi connectivity index (χ4v) is 2.07. The maximum atomic E-state index is 12.0. The summed E-state index contributed by atoms with van der Waals surface area (Å²) in [5, 5.41) is 0. The highest BCUT2D eigenvalue weighted by atomic mass is 16.5. The van der Waals surface area contributed by atoms with Crippen LogP contribution in [0.4, 0.5) is 0 Å². The van der Waals surface area contributed by atoms with Crippen LogP contribution in [-0.2, 0) is 9.53 Å². The normalized spacial score (nSPS) is 17.8. The number of amides is 1. The van der Waals surface area contributed by atoms with E-state index in [0.29, 0.717) is 19.6 Å². The minimum absolute atomic E-state index is 0.194. The third-order valence-electron chi connectivity index (χ3n) is 3.52. The summed E-state index contributed by atoms with van der Waals surface area (Å²) in [5.41, 5.74) is 5.67. The Bertz CT molecular complexity index is 268. The van der Waals surface area contributed by atoms with E-state index in [-0.39, 0.29) is 11.4 Å². The molecule has 1 amide bonds. The Morgan fingerprint density at radius 1 is 1.21 bits per heavy atom. The van der Waals surface area contributed by atoms with Gasteiger partial charge in [-0.15, -0.1) is 0 Å². The van der Waals surface area contributed by atoms with Gasteiger partial charge in [-0.3, -0.25) is 4.79 Å². The van der Waals surface area contributed by atoms with E-state index in [1.165, 1.54) is 0 Å². The molecule has 2 N–H and O–H groups in total. The van der Waals surface area contributed by atoms with Crippen molar-refractivity contribution in [3.63, 3.8) is 0 Å². The van der Waals surface area contributed by atoms with E-state index >= 15 is 0 Å². The van der Waals surface area contributed by atoms with Crippen LogP contribution < -0.4 is 5.73 Å². The van der Waals surface area contributed by atoms with Crippen molar-refractivity contribution in [3.05, 3.63) is 0 Å². The largest absolute Gasteiger partial charge is 0.381 e. The molecule has 112 valence electrons. The van der Waals surface area contributed by atoms with Gasteiger partial charge >= 0.3 is 0 Å². The Balaban J connectivity index is 2.08. The summed E-state index contributed by atoms with van der Waals surface area (Å²) in [5.74, 6) is 0.211. The molecule has 0 aromatic carbocycles. The summed E-state index contributed by atoms with van der Waals surface area (Å²) in [7, 11) is 0. The average Bonchev–Trinajstić information content (AvgIpc) is 2.37. The number of carbonyl (C=O) groups is 1. The monoisotopic (exact) mass is 271 g/mol. The van der Waals surface area contributed by atoms with Crippen molar-refractivity contribution in [3.8, 4) is 0 Å². The molecule has 0 aliphatic carbocycles. The van der Waals surface area contributed by atoms with Crippen molar-refractivity contribution >= 4 is 5.91 Å². The average molecular weight is 271 g/mol. The van der Waals surface area contributed by atoms with Gasteiger partial charge in [-0.1, -0.05) is 6.92 Å². The van der Waals surface area contributed by atoms with Crippen LogP contribution in [0.15, 0.2) is 0 Å². The summed E-state index contributed by atoms with van der Waals surface area (Å²) in [6.45, 7) is 12.0. The van der Waals surface area contributed by atoms with Gasteiger partial charge in [-0.2, -0.15) is 0 Å². The second-order valence-electron chi connectivity index (χ2n) is 5.92. The first-order valence-corrected chi connectivity index (χ1v) is 7.29. The van der Waals surface area contributed by atoms with E-state index in [4.69, 9.17) is 10.5 Å². The molecule has 0 bridgehead atoms. The molecule has 19 heavy (non-hydrogen) atoms. The van der Waals surface area contributed by atoms with E-state index < -0.39 is 0 Å².